The maximum atomic E-state index is 12.6. The number of rotatable bonds is 4. The molecule has 0 bridgehead atoms. The molecular formula is C16H11N2O6S2-. The van der Waals surface area contributed by atoms with E-state index in [0.29, 0.717) is 5.52 Å². The van der Waals surface area contributed by atoms with Gasteiger partial charge in [0.05, 0.1) is 26.2 Å². The molecule has 134 valence electrons. The molecule has 1 heterocycles. The average molecular weight is 391 g/mol. The van der Waals surface area contributed by atoms with Crippen LogP contribution in [0.25, 0.3) is 10.2 Å². The summed E-state index contributed by atoms with van der Waals surface area (Å²) in [5.74, 6) is -2.56. The van der Waals surface area contributed by atoms with Crippen LogP contribution in [-0.4, -0.2) is 34.9 Å². The van der Waals surface area contributed by atoms with Crippen molar-refractivity contribution in [2.45, 2.75) is 11.8 Å². The fourth-order valence-corrected chi connectivity index (χ4v) is 4.09. The van der Waals surface area contributed by atoms with Crippen LogP contribution >= 0.6 is 11.3 Å². The van der Waals surface area contributed by atoms with Gasteiger partial charge in [0.1, 0.15) is 10.1 Å². The summed E-state index contributed by atoms with van der Waals surface area (Å²) in [6.45, 7) is 1.84. The van der Waals surface area contributed by atoms with Gasteiger partial charge in [0.2, 0.25) is 0 Å². The molecule has 0 spiro atoms. The van der Waals surface area contributed by atoms with Crippen LogP contribution in [0.5, 0.6) is 0 Å². The molecule has 0 saturated carbocycles. The van der Waals surface area contributed by atoms with E-state index in [0.717, 1.165) is 39.8 Å². The number of hydrogen-bond donors (Lipinski definition) is 2. The number of aromatic carboxylic acids is 1. The maximum Gasteiger partial charge on any atom is 0.336 e. The van der Waals surface area contributed by atoms with E-state index in [-0.39, 0.29) is 5.13 Å². The van der Waals surface area contributed by atoms with E-state index < -0.39 is 38.0 Å². The third-order valence-corrected chi connectivity index (χ3v) is 5.41. The molecular weight excluding hydrogens is 380 g/mol. The number of amides is 1. The van der Waals surface area contributed by atoms with Gasteiger partial charge in [-0.25, -0.2) is 18.2 Å². The monoisotopic (exact) mass is 391 g/mol. The van der Waals surface area contributed by atoms with E-state index in [4.69, 9.17) is 0 Å². The number of thiazole rings is 1. The number of aromatic nitrogens is 1. The Bertz CT molecular complexity index is 1150. The van der Waals surface area contributed by atoms with Crippen molar-refractivity contribution >= 4 is 48.7 Å². The lowest BCUT2D eigenvalue weighted by Gasteiger charge is -2.14. The van der Waals surface area contributed by atoms with Gasteiger partial charge in [0.25, 0.3) is 5.91 Å². The van der Waals surface area contributed by atoms with Crippen molar-refractivity contribution in [1.82, 2.24) is 4.98 Å². The Labute approximate surface area is 151 Å². The highest BCUT2D eigenvalue weighted by atomic mass is 32.2. The number of aryl methyl sites for hydroxylation is 1. The van der Waals surface area contributed by atoms with Crippen LogP contribution in [0.15, 0.2) is 41.3 Å². The molecule has 3 rings (SSSR count). The van der Waals surface area contributed by atoms with Gasteiger partial charge in [-0.15, -0.1) is 0 Å². The first-order valence-electron chi connectivity index (χ1n) is 7.18. The highest BCUT2D eigenvalue weighted by Gasteiger charge is 2.24. The van der Waals surface area contributed by atoms with Crippen molar-refractivity contribution < 1.29 is 27.7 Å². The van der Waals surface area contributed by atoms with Crippen molar-refractivity contribution in [3.8, 4) is 0 Å². The highest BCUT2D eigenvalue weighted by Crippen LogP contribution is 2.29. The van der Waals surface area contributed by atoms with Crippen molar-refractivity contribution in [3.05, 3.63) is 53.1 Å². The first-order valence-corrected chi connectivity index (χ1v) is 9.40. The zero-order valence-corrected chi connectivity index (χ0v) is 14.8. The minimum Gasteiger partial charge on any atom is -0.744 e. The zero-order chi connectivity index (χ0) is 19.1. The van der Waals surface area contributed by atoms with Gasteiger partial charge in [-0.05, 0) is 30.7 Å². The topological polar surface area (TPSA) is 136 Å². The fourth-order valence-electron chi connectivity index (χ4n) is 2.45. The quantitative estimate of drug-likeness (QED) is 0.652. The highest BCUT2D eigenvalue weighted by molar-refractivity contribution is 7.85. The average Bonchev–Trinajstić information content (AvgIpc) is 2.97. The fraction of sp³-hybridized carbons (Fsp3) is 0.0625. The Morgan fingerprint density at radius 3 is 2.50 bits per heavy atom. The standard InChI is InChI=1S/C16H12N2O6S2/c1-8-4-2-6-10-13(8)17-16(25-10)18-14(19)12-9(15(20)21)5-3-7-11(12)26(22,23)24/h2-7H,1H3,(H,20,21)(H,17,18,19)(H,22,23,24)/p-1. The number of nitrogens with zero attached hydrogens (tertiary/aromatic N) is 1. The molecule has 1 amide bonds. The second-order valence-electron chi connectivity index (χ2n) is 5.33. The third kappa shape index (κ3) is 3.29. The van der Waals surface area contributed by atoms with E-state index in [1.807, 2.05) is 19.1 Å². The van der Waals surface area contributed by atoms with Crippen LogP contribution in [0.2, 0.25) is 0 Å². The molecule has 0 saturated heterocycles. The maximum absolute atomic E-state index is 12.6. The van der Waals surface area contributed by atoms with Crippen molar-refractivity contribution in [2.75, 3.05) is 5.32 Å². The normalized spacial score (nSPS) is 11.5. The molecule has 2 N–H and O–H groups in total. The molecule has 0 radical (unpaired) electrons. The number of fused-ring (bicyclic) bond motifs is 1. The number of benzene rings is 2. The summed E-state index contributed by atoms with van der Waals surface area (Å²) >= 11 is 1.14. The second kappa shape index (κ2) is 6.48. The Morgan fingerprint density at radius 2 is 1.88 bits per heavy atom. The molecule has 1 aromatic heterocycles. The van der Waals surface area contributed by atoms with Crippen molar-refractivity contribution in [2.24, 2.45) is 0 Å². The molecule has 26 heavy (non-hydrogen) atoms. The van der Waals surface area contributed by atoms with Crippen molar-refractivity contribution in [1.29, 1.82) is 0 Å². The number of hydrogen-bond acceptors (Lipinski definition) is 7. The van der Waals surface area contributed by atoms with Gasteiger partial charge in [-0.3, -0.25) is 10.1 Å². The van der Waals surface area contributed by atoms with Gasteiger partial charge in [0.15, 0.2) is 5.13 Å². The number of para-hydroxylation sites is 1. The zero-order valence-electron chi connectivity index (χ0n) is 13.2. The van der Waals surface area contributed by atoms with Crippen molar-refractivity contribution in [3.63, 3.8) is 0 Å². The number of anilines is 1. The molecule has 10 heteroatoms. The Kier molecular flexibility index (Phi) is 4.48. The van der Waals surface area contributed by atoms with Crippen LogP contribution in [-0.2, 0) is 10.1 Å². The second-order valence-corrected chi connectivity index (χ2v) is 7.71. The molecule has 0 aliphatic carbocycles. The number of carbonyl (C=O) groups is 2. The summed E-state index contributed by atoms with van der Waals surface area (Å²) in [5.41, 5.74) is 0.242. The lowest BCUT2D eigenvalue weighted by molar-refractivity contribution is 0.0692. The molecule has 8 nitrogen and oxygen atoms in total. The lowest BCUT2D eigenvalue weighted by Crippen LogP contribution is -2.20. The van der Waals surface area contributed by atoms with Gasteiger partial charge in [-0.2, -0.15) is 0 Å². The van der Waals surface area contributed by atoms with Crippen LogP contribution < -0.4 is 5.32 Å². The van der Waals surface area contributed by atoms with E-state index in [1.165, 1.54) is 0 Å². The molecule has 0 unspecified atom stereocenters. The predicted octanol–water partition coefficient (Wildman–Crippen LogP) is 2.46. The SMILES string of the molecule is Cc1cccc2sc(NC(=O)c3c(C(=O)O)cccc3S(=O)(=O)[O-])nc12. The lowest BCUT2D eigenvalue weighted by atomic mass is 10.1. The largest absolute Gasteiger partial charge is 0.744 e. The molecule has 0 fully saturated rings. The smallest absolute Gasteiger partial charge is 0.336 e. The Balaban J connectivity index is 2.09. The van der Waals surface area contributed by atoms with Crippen LogP contribution in [0.1, 0.15) is 26.3 Å². The summed E-state index contributed by atoms with van der Waals surface area (Å²) < 4.78 is 35.1. The first kappa shape index (κ1) is 18.0. The number of carbonyl (C=O) groups excluding carboxylic acids is 1. The third-order valence-electron chi connectivity index (χ3n) is 3.59. The Hall–Kier alpha value is -2.82. The molecule has 0 atom stereocenters. The summed E-state index contributed by atoms with van der Waals surface area (Å²) in [7, 11) is -5.05. The van der Waals surface area contributed by atoms with Crippen LogP contribution in [0.3, 0.4) is 0 Å². The predicted molar refractivity (Wildman–Crippen MR) is 93.7 cm³/mol. The molecule has 3 aromatic rings. The number of nitrogens with one attached hydrogen (secondary N) is 1. The molecule has 2 aromatic carbocycles. The molecule has 0 aliphatic heterocycles. The van der Waals surface area contributed by atoms with Gasteiger partial charge in [-0.1, -0.05) is 29.5 Å². The van der Waals surface area contributed by atoms with Crippen LogP contribution in [0.4, 0.5) is 5.13 Å². The van der Waals surface area contributed by atoms with E-state index >= 15 is 0 Å². The first-order chi connectivity index (χ1) is 12.2. The number of carboxylic acids is 1. The minimum atomic E-state index is -5.05. The van der Waals surface area contributed by atoms with Gasteiger partial charge >= 0.3 is 5.97 Å². The van der Waals surface area contributed by atoms with Gasteiger partial charge in [0, 0.05) is 0 Å². The summed E-state index contributed by atoms with van der Waals surface area (Å²) in [6, 6.07) is 8.50. The Morgan fingerprint density at radius 1 is 1.19 bits per heavy atom. The van der Waals surface area contributed by atoms with E-state index in [9.17, 15) is 27.7 Å². The molecule has 0 aliphatic rings. The minimum absolute atomic E-state index is 0.161. The van der Waals surface area contributed by atoms with E-state index in [1.54, 1.807) is 6.07 Å². The summed E-state index contributed by atoms with van der Waals surface area (Å²) in [6.07, 6.45) is 0. The summed E-state index contributed by atoms with van der Waals surface area (Å²) in [4.78, 5) is 27.3. The van der Waals surface area contributed by atoms with E-state index in [2.05, 4.69) is 10.3 Å². The number of carboxylic acid groups (broad SMARTS) is 1. The van der Waals surface area contributed by atoms with Crippen LogP contribution in [0, 0.1) is 6.92 Å². The summed E-state index contributed by atoms with van der Waals surface area (Å²) in [5, 5.41) is 11.8. The van der Waals surface area contributed by atoms with Gasteiger partial charge < -0.3 is 9.66 Å².